The summed E-state index contributed by atoms with van der Waals surface area (Å²) in [5, 5.41) is 11.9. The van der Waals surface area contributed by atoms with E-state index in [2.05, 4.69) is 28.0 Å². The van der Waals surface area contributed by atoms with Gasteiger partial charge in [0.05, 0.1) is 17.3 Å². The van der Waals surface area contributed by atoms with Gasteiger partial charge >= 0.3 is 0 Å². The van der Waals surface area contributed by atoms with E-state index in [1.54, 1.807) is 6.08 Å². The van der Waals surface area contributed by atoms with Gasteiger partial charge in [-0.15, -0.1) is 23.2 Å². The number of allylic oxidation sites excluding steroid dienone is 1. The molecular weight excluding hydrogens is 384 g/mol. The molecule has 1 aromatic heterocycles. The molecule has 1 amide bonds. The van der Waals surface area contributed by atoms with Gasteiger partial charge in [-0.3, -0.25) is 4.79 Å². The topological polar surface area (TPSA) is 94.0 Å². The molecule has 0 radical (unpaired) electrons. The number of terminal acetylenes is 1. The lowest BCUT2D eigenvalue weighted by molar-refractivity contribution is -0.119. The van der Waals surface area contributed by atoms with E-state index >= 15 is 0 Å². The Hall–Kier alpha value is -1.79. The monoisotopic (exact) mass is 410 g/mol. The molecule has 1 unspecified atom stereocenters. The molecule has 1 atom stereocenters. The minimum absolute atomic E-state index is 0.0884. The van der Waals surface area contributed by atoms with Crippen molar-refractivity contribution in [2.45, 2.75) is 56.3 Å². The van der Waals surface area contributed by atoms with Gasteiger partial charge in [-0.05, 0) is 19.3 Å². The number of hydrogen-bond donors (Lipinski definition) is 1. The standard InChI is InChI=1S/C18H26N4O3S2/c1-5-10-22-16(14-9-11-27(24,25)13-14)20-21-17(22)26-12-15(23)19-18(6-2,7-3)8-4/h2,5,14H,1,7-13H2,3-4H3,(H,19,23). The summed E-state index contributed by atoms with van der Waals surface area (Å²) in [6.45, 7) is 8.09. The van der Waals surface area contributed by atoms with Crippen LogP contribution in [-0.2, 0) is 21.2 Å². The second kappa shape index (κ2) is 8.93. The van der Waals surface area contributed by atoms with E-state index in [1.165, 1.54) is 11.8 Å². The molecule has 2 rings (SSSR count). The molecule has 1 fully saturated rings. The van der Waals surface area contributed by atoms with Crippen molar-refractivity contribution in [3.63, 3.8) is 0 Å². The van der Waals surface area contributed by atoms with Crippen LogP contribution in [-0.4, -0.2) is 51.9 Å². The van der Waals surface area contributed by atoms with Crippen LogP contribution in [0.3, 0.4) is 0 Å². The molecule has 0 aromatic carbocycles. The molecule has 9 heteroatoms. The highest BCUT2D eigenvalue weighted by molar-refractivity contribution is 7.99. The summed E-state index contributed by atoms with van der Waals surface area (Å²) in [4.78, 5) is 12.3. The fourth-order valence-electron chi connectivity index (χ4n) is 3.11. The van der Waals surface area contributed by atoms with Gasteiger partial charge in [0.25, 0.3) is 0 Å². The number of hydrogen-bond acceptors (Lipinski definition) is 6. The predicted molar refractivity (Wildman–Crippen MR) is 107 cm³/mol. The smallest absolute Gasteiger partial charge is 0.231 e. The Morgan fingerprint density at radius 1 is 1.48 bits per heavy atom. The van der Waals surface area contributed by atoms with Gasteiger partial charge < -0.3 is 9.88 Å². The molecule has 1 saturated heterocycles. The van der Waals surface area contributed by atoms with Crippen molar-refractivity contribution in [1.29, 1.82) is 0 Å². The van der Waals surface area contributed by atoms with E-state index in [-0.39, 0.29) is 29.1 Å². The van der Waals surface area contributed by atoms with Gasteiger partial charge in [0.2, 0.25) is 5.91 Å². The van der Waals surface area contributed by atoms with Crippen LogP contribution >= 0.6 is 11.8 Å². The third-order valence-corrected chi connectivity index (χ3v) is 7.58. The molecule has 1 N–H and O–H groups in total. The van der Waals surface area contributed by atoms with Crippen molar-refractivity contribution in [3.05, 3.63) is 18.5 Å². The molecule has 27 heavy (non-hydrogen) atoms. The van der Waals surface area contributed by atoms with Crippen LogP contribution < -0.4 is 5.32 Å². The molecular formula is C18H26N4O3S2. The van der Waals surface area contributed by atoms with E-state index in [0.29, 0.717) is 36.8 Å². The molecule has 0 spiro atoms. The molecule has 1 aromatic rings. The van der Waals surface area contributed by atoms with Gasteiger partial charge in [-0.1, -0.05) is 37.6 Å². The maximum atomic E-state index is 12.3. The third kappa shape index (κ3) is 5.14. The molecule has 1 aliphatic rings. The fraction of sp³-hybridized carbons (Fsp3) is 0.611. The lowest BCUT2D eigenvalue weighted by Crippen LogP contribution is -2.47. The zero-order valence-corrected chi connectivity index (χ0v) is 17.4. The molecule has 0 saturated carbocycles. The summed E-state index contributed by atoms with van der Waals surface area (Å²) in [6.07, 6.45) is 9.15. The van der Waals surface area contributed by atoms with Crippen LogP contribution in [0.5, 0.6) is 0 Å². The lowest BCUT2D eigenvalue weighted by atomic mass is 9.94. The highest BCUT2D eigenvalue weighted by Crippen LogP contribution is 2.30. The van der Waals surface area contributed by atoms with E-state index < -0.39 is 15.4 Å². The van der Waals surface area contributed by atoms with Gasteiger partial charge in [-0.25, -0.2) is 8.42 Å². The molecule has 1 aliphatic heterocycles. The number of nitrogens with zero attached hydrogens (tertiary/aromatic N) is 3. The Balaban J connectivity index is 2.10. The summed E-state index contributed by atoms with van der Waals surface area (Å²) in [7, 11) is -3.02. The quantitative estimate of drug-likeness (QED) is 0.379. The van der Waals surface area contributed by atoms with E-state index in [0.717, 1.165) is 0 Å². The van der Waals surface area contributed by atoms with Gasteiger partial charge in [-0.2, -0.15) is 0 Å². The number of nitrogens with one attached hydrogen (secondary N) is 1. The average Bonchev–Trinajstić information content (AvgIpc) is 3.21. The number of thioether (sulfide) groups is 1. The zero-order chi connectivity index (χ0) is 20.1. The van der Waals surface area contributed by atoms with Crippen molar-refractivity contribution in [3.8, 4) is 12.3 Å². The van der Waals surface area contributed by atoms with Crippen LogP contribution in [0.2, 0.25) is 0 Å². The summed E-state index contributed by atoms with van der Waals surface area (Å²) in [6, 6.07) is 0. The molecule has 0 aliphatic carbocycles. The normalized spacial score (nSPS) is 18.8. The van der Waals surface area contributed by atoms with Crippen molar-refractivity contribution in [2.24, 2.45) is 0 Å². The number of amides is 1. The van der Waals surface area contributed by atoms with Crippen molar-refractivity contribution in [2.75, 3.05) is 17.3 Å². The molecule has 148 valence electrons. The van der Waals surface area contributed by atoms with Crippen LogP contribution in [0, 0.1) is 12.3 Å². The molecule has 7 nitrogen and oxygen atoms in total. The van der Waals surface area contributed by atoms with E-state index in [4.69, 9.17) is 6.42 Å². The average molecular weight is 411 g/mol. The Labute approximate surface area is 165 Å². The van der Waals surface area contributed by atoms with E-state index in [9.17, 15) is 13.2 Å². The molecule has 0 bridgehead atoms. The first-order valence-corrected chi connectivity index (χ1v) is 11.8. The Morgan fingerprint density at radius 2 is 2.19 bits per heavy atom. The number of carbonyl (C=O) groups is 1. The van der Waals surface area contributed by atoms with Crippen molar-refractivity contribution in [1.82, 2.24) is 20.1 Å². The predicted octanol–water partition coefficient (Wildman–Crippen LogP) is 1.77. The van der Waals surface area contributed by atoms with Crippen LogP contribution in [0.25, 0.3) is 0 Å². The molecule has 2 heterocycles. The summed E-state index contributed by atoms with van der Waals surface area (Å²) in [5.74, 6) is 3.40. The number of rotatable bonds is 9. The van der Waals surface area contributed by atoms with Crippen molar-refractivity contribution < 1.29 is 13.2 Å². The first-order chi connectivity index (χ1) is 12.8. The Kier molecular flexibility index (Phi) is 7.12. The zero-order valence-electron chi connectivity index (χ0n) is 15.8. The highest BCUT2D eigenvalue weighted by atomic mass is 32.2. The number of sulfone groups is 1. The van der Waals surface area contributed by atoms with Crippen molar-refractivity contribution >= 4 is 27.5 Å². The van der Waals surface area contributed by atoms with Crippen LogP contribution in [0.15, 0.2) is 17.8 Å². The minimum atomic E-state index is -3.02. The lowest BCUT2D eigenvalue weighted by Gasteiger charge is -2.26. The summed E-state index contributed by atoms with van der Waals surface area (Å²) >= 11 is 1.26. The minimum Gasteiger partial charge on any atom is -0.339 e. The van der Waals surface area contributed by atoms with Gasteiger partial charge in [0, 0.05) is 12.5 Å². The number of aromatic nitrogens is 3. The maximum absolute atomic E-state index is 12.3. The SMILES string of the molecule is C#CC(CC)(CC)NC(=O)CSc1nnc(C2CCS(=O)(=O)C2)n1CC=C. The fourth-order valence-corrected chi connectivity index (χ4v) is 5.60. The first kappa shape index (κ1) is 21.5. The Bertz CT molecular complexity index is 835. The second-order valence-electron chi connectivity index (χ2n) is 6.61. The first-order valence-electron chi connectivity index (χ1n) is 8.95. The summed E-state index contributed by atoms with van der Waals surface area (Å²) < 4.78 is 25.4. The van der Waals surface area contributed by atoms with Crippen LogP contribution in [0.1, 0.15) is 44.9 Å². The van der Waals surface area contributed by atoms with Gasteiger partial charge in [0.15, 0.2) is 15.0 Å². The van der Waals surface area contributed by atoms with Crippen LogP contribution in [0.4, 0.5) is 0 Å². The second-order valence-corrected chi connectivity index (χ2v) is 9.78. The summed E-state index contributed by atoms with van der Waals surface area (Å²) in [5.41, 5.74) is -0.629. The van der Waals surface area contributed by atoms with Gasteiger partial charge in [0.1, 0.15) is 11.4 Å². The van der Waals surface area contributed by atoms with E-state index in [1.807, 2.05) is 18.4 Å². The largest absolute Gasteiger partial charge is 0.339 e. The maximum Gasteiger partial charge on any atom is 0.231 e. The highest BCUT2D eigenvalue weighted by Gasteiger charge is 2.33. The third-order valence-electron chi connectivity index (χ3n) is 4.85. The Morgan fingerprint density at radius 3 is 2.70 bits per heavy atom. The number of carbonyl (C=O) groups excluding carboxylic acids is 1.